The summed E-state index contributed by atoms with van der Waals surface area (Å²) in [5.74, 6) is -0.258. The zero-order chi connectivity index (χ0) is 10.8. The molecule has 0 radical (unpaired) electrons. The molecule has 1 saturated heterocycles. The standard InChI is InChI=1S/C12H11FO2/c1-12(2)10(14)7-4-3-6(13)5-8(7)9-11(12)15-9/h3-5,9,11H,1-2H3. The van der Waals surface area contributed by atoms with Gasteiger partial charge in [-0.05, 0) is 37.6 Å². The van der Waals surface area contributed by atoms with Gasteiger partial charge in [-0.25, -0.2) is 4.39 Å². The van der Waals surface area contributed by atoms with Gasteiger partial charge >= 0.3 is 0 Å². The Morgan fingerprint density at radius 3 is 2.87 bits per heavy atom. The number of Topliss-reactive ketones (excluding diaryl/α,β-unsaturated/α-hetero) is 1. The molecule has 0 bridgehead atoms. The van der Waals surface area contributed by atoms with E-state index in [1.165, 1.54) is 12.1 Å². The molecule has 0 spiro atoms. The van der Waals surface area contributed by atoms with Crippen LogP contribution in [0, 0.1) is 11.2 Å². The van der Waals surface area contributed by atoms with Gasteiger partial charge in [-0.3, -0.25) is 4.79 Å². The molecule has 1 aliphatic carbocycles. The summed E-state index contributed by atoms with van der Waals surface area (Å²) in [4.78, 5) is 12.1. The lowest BCUT2D eigenvalue weighted by atomic mass is 9.73. The van der Waals surface area contributed by atoms with Gasteiger partial charge in [0.2, 0.25) is 0 Å². The minimum Gasteiger partial charge on any atom is -0.363 e. The number of carbonyl (C=O) groups is 1. The third kappa shape index (κ3) is 1.04. The van der Waals surface area contributed by atoms with E-state index in [2.05, 4.69) is 0 Å². The molecule has 1 aromatic carbocycles. The van der Waals surface area contributed by atoms with Crippen molar-refractivity contribution in [2.24, 2.45) is 5.41 Å². The molecule has 1 heterocycles. The summed E-state index contributed by atoms with van der Waals surface area (Å²) < 4.78 is 18.5. The van der Waals surface area contributed by atoms with Crippen molar-refractivity contribution in [2.75, 3.05) is 0 Å². The van der Waals surface area contributed by atoms with Crippen LogP contribution in [0.4, 0.5) is 4.39 Å². The van der Waals surface area contributed by atoms with Crippen LogP contribution in [0.5, 0.6) is 0 Å². The second-order valence-corrected chi connectivity index (χ2v) is 4.76. The van der Waals surface area contributed by atoms with Crippen molar-refractivity contribution in [2.45, 2.75) is 26.1 Å². The van der Waals surface area contributed by atoms with Crippen LogP contribution in [0.3, 0.4) is 0 Å². The van der Waals surface area contributed by atoms with Gasteiger partial charge in [-0.15, -0.1) is 0 Å². The Hall–Kier alpha value is -1.22. The average Bonchev–Trinajstić information content (AvgIpc) is 2.95. The van der Waals surface area contributed by atoms with E-state index in [4.69, 9.17) is 4.74 Å². The van der Waals surface area contributed by atoms with Crippen LogP contribution in [0.25, 0.3) is 0 Å². The summed E-state index contributed by atoms with van der Waals surface area (Å²) in [5, 5.41) is 0. The maximum atomic E-state index is 13.0. The third-order valence-electron chi connectivity index (χ3n) is 3.35. The number of rotatable bonds is 0. The number of hydrogen-bond acceptors (Lipinski definition) is 2. The van der Waals surface area contributed by atoms with Gasteiger partial charge in [0.05, 0.1) is 5.41 Å². The van der Waals surface area contributed by atoms with Gasteiger partial charge < -0.3 is 4.74 Å². The van der Waals surface area contributed by atoms with Crippen molar-refractivity contribution >= 4 is 5.78 Å². The molecule has 1 aliphatic heterocycles. The molecule has 0 saturated carbocycles. The Morgan fingerprint density at radius 1 is 1.40 bits per heavy atom. The summed E-state index contributed by atoms with van der Waals surface area (Å²) in [7, 11) is 0. The lowest BCUT2D eigenvalue weighted by Crippen LogP contribution is -2.34. The van der Waals surface area contributed by atoms with E-state index in [0.29, 0.717) is 11.1 Å². The largest absolute Gasteiger partial charge is 0.363 e. The lowest BCUT2D eigenvalue weighted by Gasteiger charge is -2.25. The fourth-order valence-corrected chi connectivity index (χ4v) is 2.35. The van der Waals surface area contributed by atoms with Crippen LogP contribution >= 0.6 is 0 Å². The number of benzene rings is 1. The van der Waals surface area contributed by atoms with E-state index in [1.807, 2.05) is 13.8 Å². The van der Waals surface area contributed by atoms with Crippen molar-refractivity contribution in [1.82, 2.24) is 0 Å². The maximum Gasteiger partial charge on any atom is 0.171 e. The Kier molecular flexibility index (Phi) is 1.49. The Bertz CT molecular complexity index is 465. The summed E-state index contributed by atoms with van der Waals surface area (Å²) in [6.45, 7) is 3.76. The van der Waals surface area contributed by atoms with Crippen LogP contribution in [-0.4, -0.2) is 11.9 Å². The van der Waals surface area contributed by atoms with Gasteiger partial charge in [0.1, 0.15) is 18.0 Å². The third-order valence-corrected chi connectivity index (χ3v) is 3.35. The molecule has 2 atom stereocenters. The quantitative estimate of drug-likeness (QED) is 0.610. The molecule has 2 unspecified atom stereocenters. The maximum absolute atomic E-state index is 13.0. The molecule has 0 aromatic heterocycles. The van der Waals surface area contributed by atoms with Crippen molar-refractivity contribution in [3.8, 4) is 0 Å². The summed E-state index contributed by atoms with van der Waals surface area (Å²) in [6.07, 6.45) is -0.150. The van der Waals surface area contributed by atoms with E-state index in [-0.39, 0.29) is 23.8 Å². The highest BCUT2D eigenvalue weighted by Crippen LogP contribution is 2.55. The number of halogens is 1. The molecule has 1 fully saturated rings. The van der Waals surface area contributed by atoms with E-state index in [1.54, 1.807) is 6.07 Å². The summed E-state index contributed by atoms with van der Waals surface area (Å²) in [6, 6.07) is 4.30. The van der Waals surface area contributed by atoms with Gasteiger partial charge in [-0.1, -0.05) is 0 Å². The fraction of sp³-hybridized carbons (Fsp3) is 0.417. The zero-order valence-electron chi connectivity index (χ0n) is 8.58. The number of hydrogen-bond donors (Lipinski definition) is 0. The minimum atomic E-state index is -0.477. The zero-order valence-corrected chi connectivity index (χ0v) is 8.58. The Labute approximate surface area is 87.0 Å². The normalized spacial score (nSPS) is 30.7. The van der Waals surface area contributed by atoms with Crippen molar-refractivity contribution < 1.29 is 13.9 Å². The highest BCUT2D eigenvalue weighted by Gasteiger charge is 2.58. The first-order valence-corrected chi connectivity index (χ1v) is 5.01. The van der Waals surface area contributed by atoms with E-state index in [9.17, 15) is 9.18 Å². The summed E-state index contributed by atoms with van der Waals surface area (Å²) in [5.41, 5.74) is 0.847. The van der Waals surface area contributed by atoms with Crippen LogP contribution in [-0.2, 0) is 4.74 Å². The van der Waals surface area contributed by atoms with Crippen molar-refractivity contribution in [1.29, 1.82) is 0 Å². The average molecular weight is 206 g/mol. The molecular formula is C12H11FO2. The highest BCUT2D eigenvalue weighted by atomic mass is 19.1. The Morgan fingerprint density at radius 2 is 2.13 bits per heavy atom. The van der Waals surface area contributed by atoms with E-state index >= 15 is 0 Å². The van der Waals surface area contributed by atoms with Crippen molar-refractivity contribution in [3.63, 3.8) is 0 Å². The number of ketones is 1. The van der Waals surface area contributed by atoms with Gasteiger partial charge in [0.15, 0.2) is 5.78 Å². The number of carbonyl (C=O) groups excluding carboxylic acids is 1. The molecule has 78 valence electrons. The predicted molar refractivity (Wildman–Crippen MR) is 52.1 cm³/mol. The summed E-state index contributed by atoms with van der Waals surface area (Å²) >= 11 is 0. The topological polar surface area (TPSA) is 29.6 Å². The Balaban J connectivity index is 2.21. The molecule has 2 aliphatic rings. The second kappa shape index (κ2) is 2.47. The SMILES string of the molecule is CC1(C)C(=O)c2ccc(F)cc2C2OC21. The number of ether oxygens (including phenoxy) is 1. The molecule has 0 N–H and O–H groups in total. The molecule has 3 heteroatoms. The van der Waals surface area contributed by atoms with Crippen molar-refractivity contribution in [3.05, 3.63) is 35.1 Å². The van der Waals surface area contributed by atoms with Gasteiger partial charge in [0.25, 0.3) is 0 Å². The highest BCUT2D eigenvalue weighted by molar-refractivity contribution is 6.03. The molecular weight excluding hydrogens is 195 g/mol. The van der Waals surface area contributed by atoms with Gasteiger partial charge in [0, 0.05) is 5.56 Å². The first-order chi connectivity index (χ1) is 7.01. The monoisotopic (exact) mass is 206 g/mol. The lowest BCUT2D eigenvalue weighted by molar-refractivity contribution is 0.0792. The second-order valence-electron chi connectivity index (χ2n) is 4.76. The molecule has 2 nitrogen and oxygen atoms in total. The van der Waals surface area contributed by atoms with Crippen LogP contribution in [0.1, 0.15) is 35.9 Å². The van der Waals surface area contributed by atoms with E-state index in [0.717, 1.165) is 0 Å². The predicted octanol–water partition coefficient (Wildman–Crippen LogP) is 2.49. The van der Waals surface area contributed by atoms with Crippen LogP contribution < -0.4 is 0 Å². The fourth-order valence-electron chi connectivity index (χ4n) is 2.35. The molecule has 1 aromatic rings. The minimum absolute atomic E-state index is 0.0521. The molecule has 3 rings (SSSR count). The first-order valence-electron chi connectivity index (χ1n) is 5.01. The van der Waals surface area contributed by atoms with Gasteiger partial charge in [-0.2, -0.15) is 0 Å². The smallest absolute Gasteiger partial charge is 0.171 e. The first kappa shape index (κ1) is 9.04. The van der Waals surface area contributed by atoms with E-state index < -0.39 is 5.41 Å². The molecule has 0 amide bonds. The molecule has 15 heavy (non-hydrogen) atoms. The number of fused-ring (bicyclic) bond motifs is 3. The van der Waals surface area contributed by atoms with Crippen LogP contribution in [0.15, 0.2) is 18.2 Å². The number of epoxide rings is 1. The van der Waals surface area contributed by atoms with Crippen LogP contribution in [0.2, 0.25) is 0 Å².